The maximum Gasteiger partial charge on any atom is 0.317 e. The Morgan fingerprint density at radius 3 is 2.43 bits per heavy atom. The molecule has 0 aliphatic heterocycles. The summed E-state index contributed by atoms with van der Waals surface area (Å²) < 4.78 is 0. The van der Waals surface area contributed by atoms with Gasteiger partial charge in [0.15, 0.2) is 0 Å². The minimum Gasteiger partial charge on any atom is -0.480 e. The Balaban J connectivity index is 3.07. The van der Waals surface area contributed by atoms with E-state index in [2.05, 4.69) is 0 Å². The third-order valence-electron chi connectivity index (χ3n) is 2.77. The molecule has 0 bridgehead atoms. The van der Waals surface area contributed by atoms with Gasteiger partial charge < -0.3 is 5.11 Å². The molecule has 1 aromatic carbocycles. The molecular formula is C12H15N3O6. The first-order chi connectivity index (χ1) is 9.85. The van der Waals surface area contributed by atoms with Crippen LogP contribution < -0.4 is 0 Å². The Hall–Kier alpha value is -2.55. The lowest BCUT2D eigenvalue weighted by Crippen LogP contribution is -2.30. The van der Waals surface area contributed by atoms with Gasteiger partial charge in [0.1, 0.15) is 0 Å². The number of rotatable bonds is 8. The van der Waals surface area contributed by atoms with Crippen molar-refractivity contribution in [2.75, 3.05) is 13.1 Å². The summed E-state index contributed by atoms with van der Waals surface area (Å²) in [5, 5.41) is 30.5. The number of carboxylic acid groups (broad SMARTS) is 1. The first-order valence-corrected chi connectivity index (χ1v) is 6.21. The second-order valence-corrected chi connectivity index (χ2v) is 4.43. The first-order valence-electron chi connectivity index (χ1n) is 6.21. The van der Waals surface area contributed by atoms with Gasteiger partial charge in [-0.1, -0.05) is 6.92 Å². The predicted octanol–water partition coefficient (Wildman–Crippen LogP) is 1.80. The molecule has 0 radical (unpaired) electrons. The van der Waals surface area contributed by atoms with Gasteiger partial charge in [-0.2, -0.15) is 0 Å². The van der Waals surface area contributed by atoms with Crippen molar-refractivity contribution >= 4 is 17.3 Å². The van der Waals surface area contributed by atoms with Crippen molar-refractivity contribution in [1.82, 2.24) is 4.90 Å². The Morgan fingerprint density at radius 2 is 1.95 bits per heavy atom. The third-order valence-corrected chi connectivity index (χ3v) is 2.77. The Kier molecular flexibility index (Phi) is 5.73. The topological polar surface area (TPSA) is 127 Å². The van der Waals surface area contributed by atoms with E-state index in [0.29, 0.717) is 13.0 Å². The fourth-order valence-corrected chi connectivity index (χ4v) is 1.93. The van der Waals surface area contributed by atoms with Crippen molar-refractivity contribution in [3.63, 3.8) is 0 Å². The van der Waals surface area contributed by atoms with E-state index in [1.165, 1.54) is 17.0 Å². The van der Waals surface area contributed by atoms with Gasteiger partial charge in [-0.3, -0.25) is 29.9 Å². The molecule has 9 nitrogen and oxygen atoms in total. The van der Waals surface area contributed by atoms with Crippen LogP contribution in [0.5, 0.6) is 0 Å². The van der Waals surface area contributed by atoms with E-state index in [-0.39, 0.29) is 30.0 Å². The average molecular weight is 297 g/mol. The zero-order valence-electron chi connectivity index (χ0n) is 11.4. The molecule has 0 atom stereocenters. The van der Waals surface area contributed by atoms with Crippen molar-refractivity contribution in [3.8, 4) is 0 Å². The summed E-state index contributed by atoms with van der Waals surface area (Å²) in [5.74, 6) is -1.03. The van der Waals surface area contributed by atoms with Crippen LogP contribution in [0.2, 0.25) is 0 Å². The van der Waals surface area contributed by atoms with Crippen LogP contribution >= 0.6 is 0 Å². The highest BCUT2D eigenvalue weighted by atomic mass is 16.6. The molecule has 0 saturated heterocycles. The Bertz CT molecular complexity index is 560. The van der Waals surface area contributed by atoms with Crippen LogP contribution in [0.4, 0.5) is 11.4 Å². The number of carbonyl (C=O) groups is 1. The molecule has 0 aromatic heterocycles. The SMILES string of the molecule is CCCN(CC(=O)O)Cc1ccc([N+](=O)[O-])cc1[N+](=O)[O-]. The molecule has 114 valence electrons. The van der Waals surface area contributed by atoms with Gasteiger partial charge in [-0.25, -0.2) is 0 Å². The predicted molar refractivity (Wildman–Crippen MR) is 73.0 cm³/mol. The number of benzene rings is 1. The summed E-state index contributed by atoms with van der Waals surface area (Å²) in [5.41, 5.74) is -0.498. The summed E-state index contributed by atoms with van der Waals surface area (Å²) >= 11 is 0. The summed E-state index contributed by atoms with van der Waals surface area (Å²) in [4.78, 5) is 32.6. The highest BCUT2D eigenvalue weighted by Crippen LogP contribution is 2.25. The van der Waals surface area contributed by atoms with Gasteiger partial charge in [0.2, 0.25) is 0 Å². The van der Waals surface area contributed by atoms with Crippen LogP contribution in [0.25, 0.3) is 0 Å². The van der Waals surface area contributed by atoms with Crippen molar-refractivity contribution in [3.05, 3.63) is 44.0 Å². The molecule has 0 aliphatic carbocycles. The molecule has 0 heterocycles. The molecule has 0 unspecified atom stereocenters. The zero-order valence-corrected chi connectivity index (χ0v) is 11.4. The van der Waals surface area contributed by atoms with Crippen LogP contribution in [0, 0.1) is 20.2 Å². The lowest BCUT2D eigenvalue weighted by atomic mass is 10.1. The lowest BCUT2D eigenvalue weighted by molar-refractivity contribution is -0.394. The van der Waals surface area contributed by atoms with Crippen LogP contribution in [0.3, 0.4) is 0 Å². The molecule has 1 rings (SSSR count). The highest BCUT2D eigenvalue weighted by molar-refractivity contribution is 5.69. The van der Waals surface area contributed by atoms with Gasteiger partial charge in [-0.15, -0.1) is 0 Å². The fraction of sp³-hybridized carbons (Fsp3) is 0.417. The second kappa shape index (κ2) is 7.29. The molecular weight excluding hydrogens is 282 g/mol. The van der Waals surface area contributed by atoms with E-state index >= 15 is 0 Å². The standard InChI is InChI=1S/C12H15N3O6/c1-2-5-13(8-12(16)17)7-9-3-4-10(14(18)19)6-11(9)15(20)21/h3-4,6H,2,5,7-8H2,1H3,(H,16,17). The molecule has 21 heavy (non-hydrogen) atoms. The quantitative estimate of drug-likeness (QED) is 0.572. The van der Waals surface area contributed by atoms with E-state index in [1.807, 2.05) is 6.92 Å². The molecule has 1 aromatic rings. The molecule has 1 N–H and O–H groups in total. The van der Waals surface area contributed by atoms with Gasteiger partial charge in [0, 0.05) is 18.2 Å². The number of nitrogens with zero attached hydrogens (tertiary/aromatic N) is 3. The summed E-state index contributed by atoms with van der Waals surface area (Å²) in [6, 6.07) is 3.36. The van der Waals surface area contributed by atoms with E-state index < -0.39 is 15.8 Å². The zero-order chi connectivity index (χ0) is 16.0. The van der Waals surface area contributed by atoms with E-state index in [4.69, 9.17) is 5.11 Å². The molecule has 9 heteroatoms. The van der Waals surface area contributed by atoms with Gasteiger partial charge in [0.05, 0.1) is 22.5 Å². The van der Waals surface area contributed by atoms with Crippen LogP contribution in [0.1, 0.15) is 18.9 Å². The van der Waals surface area contributed by atoms with Crippen LogP contribution in [-0.2, 0) is 11.3 Å². The minimum atomic E-state index is -1.03. The maximum atomic E-state index is 11.0. The molecule has 0 spiro atoms. The van der Waals surface area contributed by atoms with Crippen molar-refractivity contribution in [1.29, 1.82) is 0 Å². The number of carboxylic acids is 1. The van der Waals surface area contributed by atoms with Gasteiger partial charge in [0.25, 0.3) is 11.4 Å². The van der Waals surface area contributed by atoms with Crippen molar-refractivity contribution in [2.24, 2.45) is 0 Å². The minimum absolute atomic E-state index is 0.0500. The second-order valence-electron chi connectivity index (χ2n) is 4.43. The highest BCUT2D eigenvalue weighted by Gasteiger charge is 2.21. The van der Waals surface area contributed by atoms with E-state index in [9.17, 15) is 25.0 Å². The number of hydrogen-bond donors (Lipinski definition) is 1. The number of aliphatic carboxylic acids is 1. The van der Waals surface area contributed by atoms with Crippen LogP contribution in [0.15, 0.2) is 18.2 Å². The van der Waals surface area contributed by atoms with Gasteiger partial charge >= 0.3 is 5.97 Å². The van der Waals surface area contributed by atoms with Crippen molar-refractivity contribution < 1.29 is 19.7 Å². The third kappa shape index (κ3) is 4.80. The number of nitro benzene ring substituents is 2. The Morgan fingerprint density at radius 1 is 1.29 bits per heavy atom. The monoisotopic (exact) mass is 297 g/mol. The number of non-ortho nitro benzene ring substituents is 1. The maximum absolute atomic E-state index is 11.0. The molecule has 0 saturated carbocycles. The van der Waals surface area contributed by atoms with Gasteiger partial charge in [-0.05, 0) is 19.0 Å². The lowest BCUT2D eigenvalue weighted by Gasteiger charge is -2.19. The largest absolute Gasteiger partial charge is 0.480 e. The van der Waals surface area contributed by atoms with E-state index in [0.717, 1.165) is 6.07 Å². The average Bonchev–Trinajstić information content (AvgIpc) is 2.38. The van der Waals surface area contributed by atoms with E-state index in [1.54, 1.807) is 0 Å². The first kappa shape index (κ1) is 16.5. The normalized spacial score (nSPS) is 10.6. The number of nitro groups is 2. The molecule has 0 fully saturated rings. The smallest absolute Gasteiger partial charge is 0.317 e. The molecule has 0 aliphatic rings. The summed E-state index contributed by atoms with van der Waals surface area (Å²) in [6.07, 6.45) is 0.689. The summed E-state index contributed by atoms with van der Waals surface area (Å²) in [6.45, 7) is 2.12. The summed E-state index contributed by atoms with van der Waals surface area (Å²) in [7, 11) is 0. The fourth-order valence-electron chi connectivity index (χ4n) is 1.93. The Labute approximate surface area is 120 Å². The molecule has 0 amide bonds. The number of hydrogen-bond acceptors (Lipinski definition) is 6. The van der Waals surface area contributed by atoms with Crippen LogP contribution in [-0.4, -0.2) is 38.9 Å². The van der Waals surface area contributed by atoms with Crippen molar-refractivity contribution in [2.45, 2.75) is 19.9 Å².